The molecule has 0 aromatic heterocycles. The number of benzene rings is 2. The van der Waals surface area contributed by atoms with Gasteiger partial charge in [-0.1, -0.05) is 6.07 Å². The lowest BCUT2D eigenvalue weighted by molar-refractivity contribution is -0.0407. The molecule has 2 atom stereocenters. The molecule has 2 aromatic carbocycles. The smallest absolute Gasteiger partial charge is 0.508 e. The van der Waals surface area contributed by atoms with Crippen molar-refractivity contribution in [1.29, 1.82) is 0 Å². The Balaban J connectivity index is 1.97. The molecule has 0 bridgehead atoms. The van der Waals surface area contributed by atoms with Crippen molar-refractivity contribution in [2.75, 3.05) is 0 Å². The van der Waals surface area contributed by atoms with E-state index in [1.807, 2.05) is 0 Å². The second-order valence-electron chi connectivity index (χ2n) is 6.51. The molecular formula is C19H20O8. The number of phenolic OH excluding ortho intramolecular Hbond substituents is 4. The van der Waals surface area contributed by atoms with Crippen LogP contribution in [0.1, 0.15) is 31.1 Å². The van der Waals surface area contributed by atoms with Crippen LogP contribution in [0.5, 0.6) is 28.7 Å². The van der Waals surface area contributed by atoms with E-state index in [-0.39, 0.29) is 41.3 Å². The average molecular weight is 376 g/mol. The highest BCUT2D eigenvalue weighted by Gasteiger charge is 2.37. The summed E-state index contributed by atoms with van der Waals surface area (Å²) >= 11 is 0. The maximum Gasteiger partial charge on any atom is 0.508 e. The minimum Gasteiger partial charge on any atom is -0.508 e. The minimum atomic E-state index is -0.895. The number of fused-ring (bicyclic) bond motifs is 1. The van der Waals surface area contributed by atoms with Crippen LogP contribution in [0.4, 0.5) is 4.79 Å². The first-order valence-corrected chi connectivity index (χ1v) is 8.35. The van der Waals surface area contributed by atoms with E-state index in [1.54, 1.807) is 13.8 Å². The molecule has 0 spiro atoms. The third-order valence-corrected chi connectivity index (χ3v) is 4.07. The van der Waals surface area contributed by atoms with Crippen LogP contribution < -0.4 is 4.74 Å². The standard InChI is InChI=1S/C19H20O8/c1-9(2)25-19(24)27-17-8-12-14(22)6-11(20)7-16(12)26-18(17)10-3-4-13(21)15(23)5-10/h3-7,9,17-18,20-23H,8H2,1-2H3/t17-,18-/m1/s1. The molecule has 27 heavy (non-hydrogen) atoms. The number of hydrogen-bond donors (Lipinski definition) is 4. The molecule has 0 radical (unpaired) electrons. The predicted molar refractivity (Wildman–Crippen MR) is 93.1 cm³/mol. The molecule has 0 unspecified atom stereocenters. The zero-order valence-electron chi connectivity index (χ0n) is 14.7. The largest absolute Gasteiger partial charge is 0.508 e. The van der Waals surface area contributed by atoms with Gasteiger partial charge in [-0.3, -0.25) is 0 Å². The number of rotatable bonds is 3. The van der Waals surface area contributed by atoms with Gasteiger partial charge in [-0.15, -0.1) is 0 Å². The Morgan fingerprint density at radius 1 is 1.07 bits per heavy atom. The number of hydrogen-bond acceptors (Lipinski definition) is 8. The number of aromatic hydroxyl groups is 4. The first kappa shape index (κ1) is 18.5. The van der Waals surface area contributed by atoms with Gasteiger partial charge in [0.1, 0.15) is 17.2 Å². The van der Waals surface area contributed by atoms with Crippen molar-refractivity contribution in [2.24, 2.45) is 0 Å². The van der Waals surface area contributed by atoms with Crippen molar-refractivity contribution >= 4 is 6.16 Å². The van der Waals surface area contributed by atoms with Gasteiger partial charge in [0.15, 0.2) is 23.7 Å². The zero-order chi connectivity index (χ0) is 19.7. The minimum absolute atomic E-state index is 0.0982. The summed E-state index contributed by atoms with van der Waals surface area (Å²) < 4.78 is 16.2. The van der Waals surface area contributed by atoms with Crippen molar-refractivity contribution in [3.8, 4) is 28.7 Å². The van der Waals surface area contributed by atoms with Crippen LogP contribution >= 0.6 is 0 Å². The first-order valence-electron chi connectivity index (χ1n) is 8.35. The Labute approximate surface area is 155 Å². The van der Waals surface area contributed by atoms with E-state index in [2.05, 4.69) is 0 Å². The molecule has 0 saturated carbocycles. The van der Waals surface area contributed by atoms with Gasteiger partial charge in [0, 0.05) is 29.7 Å². The van der Waals surface area contributed by atoms with Crippen molar-refractivity contribution < 1.29 is 39.4 Å². The summed E-state index contributed by atoms with van der Waals surface area (Å²) in [6.07, 6.45) is -2.90. The summed E-state index contributed by atoms with van der Waals surface area (Å²) in [6, 6.07) is 6.59. The third kappa shape index (κ3) is 3.94. The maximum absolute atomic E-state index is 12.0. The molecule has 4 N–H and O–H groups in total. The highest BCUT2D eigenvalue weighted by Crippen LogP contribution is 2.43. The van der Waals surface area contributed by atoms with Gasteiger partial charge < -0.3 is 34.6 Å². The fourth-order valence-electron chi connectivity index (χ4n) is 2.90. The van der Waals surface area contributed by atoms with Gasteiger partial charge >= 0.3 is 6.16 Å². The normalized spacial score (nSPS) is 18.5. The van der Waals surface area contributed by atoms with Crippen LogP contribution in [0.3, 0.4) is 0 Å². The molecule has 1 aliphatic heterocycles. The summed E-state index contributed by atoms with van der Waals surface area (Å²) in [5, 5.41) is 39.1. The van der Waals surface area contributed by atoms with Gasteiger partial charge in [0.2, 0.25) is 0 Å². The third-order valence-electron chi connectivity index (χ3n) is 4.07. The second kappa shape index (κ2) is 7.14. The Morgan fingerprint density at radius 2 is 1.81 bits per heavy atom. The quantitative estimate of drug-likeness (QED) is 0.476. The number of ether oxygens (including phenoxy) is 3. The van der Waals surface area contributed by atoms with Crippen molar-refractivity contribution in [3.05, 3.63) is 41.5 Å². The van der Waals surface area contributed by atoms with E-state index < -0.39 is 18.4 Å². The Morgan fingerprint density at radius 3 is 2.48 bits per heavy atom. The van der Waals surface area contributed by atoms with Crippen molar-refractivity contribution in [3.63, 3.8) is 0 Å². The summed E-state index contributed by atoms with van der Waals surface area (Å²) in [7, 11) is 0. The van der Waals surface area contributed by atoms with Crippen molar-refractivity contribution in [1.82, 2.24) is 0 Å². The average Bonchev–Trinajstić information content (AvgIpc) is 2.56. The summed E-state index contributed by atoms with van der Waals surface area (Å²) in [5.74, 6) is -0.812. The maximum atomic E-state index is 12.0. The van der Waals surface area contributed by atoms with E-state index in [1.165, 1.54) is 30.3 Å². The molecule has 2 aromatic rings. The van der Waals surface area contributed by atoms with Crippen LogP contribution in [0.2, 0.25) is 0 Å². The van der Waals surface area contributed by atoms with Crippen LogP contribution in [0.25, 0.3) is 0 Å². The van der Waals surface area contributed by atoms with Crippen LogP contribution in [0, 0.1) is 0 Å². The van der Waals surface area contributed by atoms with E-state index in [0.29, 0.717) is 11.1 Å². The molecule has 8 nitrogen and oxygen atoms in total. The molecule has 0 saturated heterocycles. The molecule has 1 heterocycles. The number of carbonyl (C=O) groups is 1. The molecule has 1 aliphatic rings. The fraction of sp³-hybridized carbons (Fsp3) is 0.316. The Bertz CT molecular complexity index is 861. The molecule has 0 amide bonds. The van der Waals surface area contributed by atoms with Crippen LogP contribution in [-0.2, 0) is 15.9 Å². The lowest BCUT2D eigenvalue weighted by atomic mass is 9.93. The fourth-order valence-corrected chi connectivity index (χ4v) is 2.90. The molecule has 8 heteroatoms. The number of carbonyl (C=O) groups excluding carboxylic acids is 1. The predicted octanol–water partition coefficient (Wildman–Crippen LogP) is 3.12. The van der Waals surface area contributed by atoms with Gasteiger partial charge in [-0.2, -0.15) is 0 Å². The van der Waals surface area contributed by atoms with E-state index in [0.717, 1.165) is 0 Å². The van der Waals surface area contributed by atoms with Crippen molar-refractivity contribution in [2.45, 2.75) is 38.6 Å². The Kier molecular flexibility index (Phi) is 4.89. The van der Waals surface area contributed by atoms with Crippen LogP contribution in [-0.4, -0.2) is 38.8 Å². The monoisotopic (exact) mass is 376 g/mol. The lowest BCUT2D eigenvalue weighted by Gasteiger charge is -2.33. The Hall–Kier alpha value is -3.29. The molecule has 0 fully saturated rings. The molecule has 0 aliphatic carbocycles. The topological polar surface area (TPSA) is 126 Å². The summed E-state index contributed by atoms with van der Waals surface area (Å²) in [5.41, 5.74) is 0.801. The van der Waals surface area contributed by atoms with Gasteiger partial charge in [-0.05, 0) is 26.0 Å². The second-order valence-corrected chi connectivity index (χ2v) is 6.51. The highest BCUT2D eigenvalue weighted by atomic mass is 16.7. The first-order chi connectivity index (χ1) is 12.7. The summed E-state index contributed by atoms with van der Waals surface area (Å²) in [6.45, 7) is 3.36. The van der Waals surface area contributed by atoms with Gasteiger partial charge in [-0.25, -0.2) is 4.79 Å². The van der Waals surface area contributed by atoms with Gasteiger partial charge in [0.05, 0.1) is 6.10 Å². The molecular weight excluding hydrogens is 356 g/mol. The van der Waals surface area contributed by atoms with E-state index in [4.69, 9.17) is 14.2 Å². The zero-order valence-corrected chi connectivity index (χ0v) is 14.7. The van der Waals surface area contributed by atoms with E-state index >= 15 is 0 Å². The molecule has 3 rings (SSSR count). The summed E-state index contributed by atoms with van der Waals surface area (Å²) in [4.78, 5) is 12.0. The SMILES string of the molecule is CC(C)OC(=O)O[C@@H]1Cc2c(O)cc(O)cc2O[C@@H]1c1ccc(O)c(O)c1. The lowest BCUT2D eigenvalue weighted by Crippen LogP contribution is -2.35. The number of phenols is 4. The highest BCUT2D eigenvalue weighted by molar-refractivity contribution is 5.61. The van der Waals surface area contributed by atoms with Crippen LogP contribution in [0.15, 0.2) is 30.3 Å². The molecule has 144 valence electrons. The van der Waals surface area contributed by atoms with Gasteiger partial charge in [0.25, 0.3) is 0 Å². The van der Waals surface area contributed by atoms with E-state index in [9.17, 15) is 25.2 Å².